The van der Waals surface area contributed by atoms with Crippen LogP contribution in [-0.2, 0) is 0 Å². The van der Waals surface area contributed by atoms with Gasteiger partial charge in [-0.2, -0.15) is 0 Å². The van der Waals surface area contributed by atoms with Crippen LogP contribution in [0, 0.1) is 6.92 Å². The van der Waals surface area contributed by atoms with Crippen molar-refractivity contribution in [3.63, 3.8) is 0 Å². The van der Waals surface area contributed by atoms with Gasteiger partial charge in [-0.1, -0.05) is 19.9 Å². The van der Waals surface area contributed by atoms with E-state index < -0.39 is 0 Å². The zero-order valence-corrected chi connectivity index (χ0v) is 9.83. The van der Waals surface area contributed by atoms with Gasteiger partial charge in [-0.3, -0.25) is 5.01 Å². The Kier molecular flexibility index (Phi) is 6.76. The predicted molar refractivity (Wildman–Crippen MR) is 62.4 cm³/mol. The number of hydrazine groups is 1. The van der Waals surface area contributed by atoms with Gasteiger partial charge < -0.3 is 0 Å². The highest BCUT2D eigenvalue weighted by Crippen LogP contribution is 2.07. The summed E-state index contributed by atoms with van der Waals surface area (Å²) < 4.78 is 0. The van der Waals surface area contributed by atoms with Crippen LogP contribution >= 0.6 is 0 Å². The van der Waals surface area contributed by atoms with Crippen LogP contribution in [0.3, 0.4) is 0 Å². The van der Waals surface area contributed by atoms with Gasteiger partial charge in [-0.05, 0) is 26.0 Å². The number of anilines is 1. The topological polar surface area (TPSA) is 28.2 Å². The van der Waals surface area contributed by atoms with Gasteiger partial charge in [0.15, 0.2) is 0 Å². The van der Waals surface area contributed by atoms with E-state index >= 15 is 0 Å². The van der Waals surface area contributed by atoms with E-state index in [-0.39, 0.29) is 0 Å². The molecule has 0 saturated heterocycles. The third-order valence-electron chi connectivity index (χ3n) is 1.74. The lowest BCUT2D eigenvalue weighted by atomic mass is 10.4. The van der Waals surface area contributed by atoms with Gasteiger partial charge >= 0.3 is 0 Å². The molecule has 0 bridgehead atoms. The SMILES string of the molecule is CC.CCN(NC)c1cccc(C)n1. The van der Waals surface area contributed by atoms with E-state index in [1.807, 2.05) is 51.0 Å². The van der Waals surface area contributed by atoms with E-state index in [4.69, 9.17) is 0 Å². The minimum absolute atomic E-state index is 0.910. The van der Waals surface area contributed by atoms with Crippen molar-refractivity contribution in [2.75, 3.05) is 18.6 Å². The number of pyridine rings is 1. The Morgan fingerprint density at radius 2 is 2.00 bits per heavy atom. The molecule has 1 N–H and O–H groups in total. The second-order valence-electron chi connectivity index (χ2n) is 2.61. The van der Waals surface area contributed by atoms with Crippen molar-refractivity contribution in [1.82, 2.24) is 10.4 Å². The van der Waals surface area contributed by atoms with Crippen molar-refractivity contribution in [2.24, 2.45) is 0 Å². The van der Waals surface area contributed by atoms with Crippen molar-refractivity contribution >= 4 is 5.82 Å². The molecule has 3 nitrogen and oxygen atoms in total. The number of nitrogens with zero attached hydrogens (tertiary/aromatic N) is 2. The van der Waals surface area contributed by atoms with Crippen LogP contribution in [0.1, 0.15) is 26.5 Å². The van der Waals surface area contributed by atoms with Crippen molar-refractivity contribution in [2.45, 2.75) is 27.7 Å². The Hall–Kier alpha value is -1.09. The first kappa shape index (κ1) is 12.9. The number of hydrogen-bond acceptors (Lipinski definition) is 3. The molecule has 0 radical (unpaired) electrons. The molecule has 0 aliphatic carbocycles. The first-order chi connectivity index (χ1) is 6.77. The fourth-order valence-electron chi connectivity index (χ4n) is 1.11. The third-order valence-corrected chi connectivity index (χ3v) is 1.74. The number of nitrogens with one attached hydrogen (secondary N) is 1. The molecular weight excluding hydrogens is 174 g/mol. The number of aromatic nitrogens is 1. The van der Waals surface area contributed by atoms with Crippen LogP contribution in [0.25, 0.3) is 0 Å². The zero-order valence-electron chi connectivity index (χ0n) is 9.83. The monoisotopic (exact) mass is 195 g/mol. The molecule has 0 saturated carbocycles. The highest BCUT2D eigenvalue weighted by atomic mass is 15.5. The fourth-order valence-corrected chi connectivity index (χ4v) is 1.11. The molecule has 0 unspecified atom stereocenters. The predicted octanol–water partition coefficient (Wildman–Crippen LogP) is 2.38. The van der Waals surface area contributed by atoms with E-state index in [1.165, 1.54) is 0 Å². The minimum atomic E-state index is 0.910. The maximum absolute atomic E-state index is 4.38. The highest BCUT2D eigenvalue weighted by molar-refractivity contribution is 5.37. The average molecular weight is 195 g/mol. The lowest BCUT2D eigenvalue weighted by molar-refractivity contribution is 0.712. The molecule has 0 atom stereocenters. The normalized spacial score (nSPS) is 8.93. The average Bonchev–Trinajstić information content (AvgIpc) is 2.23. The zero-order chi connectivity index (χ0) is 11.0. The van der Waals surface area contributed by atoms with Gasteiger partial charge in [0.1, 0.15) is 5.82 Å². The van der Waals surface area contributed by atoms with Gasteiger partial charge in [0, 0.05) is 19.3 Å². The Labute approximate surface area is 87.1 Å². The van der Waals surface area contributed by atoms with Gasteiger partial charge in [-0.15, -0.1) is 0 Å². The Balaban J connectivity index is 0.000000791. The summed E-state index contributed by atoms with van der Waals surface area (Å²) in [5, 5.41) is 1.99. The quantitative estimate of drug-likeness (QED) is 0.751. The van der Waals surface area contributed by atoms with Crippen molar-refractivity contribution in [3.8, 4) is 0 Å². The number of hydrogen-bond donors (Lipinski definition) is 1. The molecule has 1 aromatic heterocycles. The Morgan fingerprint density at radius 3 is 2.43 bits per heavy atom. The van der Waals surface area contributed by atoms with E-state index in [0.717, 1.165) is 18.1 Å². The van der Waals surface area contributed by atoms with Crippen LogP contribution in [0.2, 0.25) is 0 Å². The van der Waals surface area contributed by atoms with Crippen molar-refractivity contribution in [1.29, 1.82) is 0 Å². The van der Waals surface area contributed by atoms with E-state index in [0.29, 0.717) is 0 Å². The van der Waals surface area contributed by atoms with Gasteiger partial charge in [0.2, 0.25) is 0 Å². The summed E-state index contributed by atoms with van der Waals surface area (Å²) >= 11 is 0. The summed E-state index contributed by atoms with van der Waals surface area (Å²) in [5.74, 6) is 0.972. The first-order valence-corrected chi connectivity index (χ1v) is 5.16. The smallest absolute Gasteiger partial charge is 0.142 e. The summed E-state index contributed by atoms with van der Waals surface area (Å²) in [4.78, 5) is 4.38. The molecule has 1 heterocycles. The lowest BCUT2D eigenvalue weighted by Gasteiger charge is -2.20. The van der Waals surface area contributed by atoms with E-state index in [2.05, 4.69) is 17.3 Å². The third kappa shape index (κ3) is 3.75. The largest absolute Gasteiger partial charge is 0.293 e. The fraction of sp³-hybridized carbons (Fsp3) is 0.545. The first-order valence-electron chi connectivity index (χ1n) is 5.16. The van der Waals surface area contributed by atoms with Gasteiger partial charge in [0.05, 0.1) is 0 Å². The molecule has 80 valence electrons. The highest BCUT2D eigenvalue weighted by Gasteiger charge is 2.01. The lowest BCUT2D eigenvalue weighted by Crippen LogP contribution is -2.35. The van der Waals surface area contributed by atoms with Crippen LogP contribution in [0.15, 0.2) is 18.2 Å². The second kappa shape index (κ2) is 7.33. The molecule has 0 aliphatic heterocycles. The summed E-state index contributed by atoms with van der Waals surface area (Å²) in [6.07, 6.45) is 0. The van der Waals surface area contributed by atoms with E-state index in [1.54, 1.807) is 0 Å². The molecule has 0 amide bonds. The van der Waals surface area contributed by atoms with Crippen LogP contribution in [0.5, 0.6) is 0 Å². The number of aryl methyl sites for hydroxylation is 1. The van der Waals surface area contributed by atoms with Crippen molar-refractivity contribution in [3.05, 3.63) is 23.9 Å². The van der Waals surface area contributed by atoms with Gasteiger partial charge in [-0.25, -0.2) is 10.4 Å². The molecule has 1 aromatic rings. The standard InChI is InChI=1S/C9H15N3.C2H6/c1-4-12(10-3)9-7-5-6-8(2)11-9;1-2/h5-7,10H,4H2,1-3H3;1-2H3. The Bertz CT molecular complexity index is 244. The summed E-state index contributed by atoms with van der Waals surface area (Å²) in [5.41, 5.74) is 4.11. The number of rotatable bonds is 3. The van der Waals surface area contributed by atoms with E-state index in [9.17, 15) is 0 Å². The Morgan fingerprint density at radius 1 is 1.36 bits per heavy atom. The molecule has 1 rings (SSSR count). The summed E-state index contributed by atoms with van der Waals surface area (Å²) in [7, 11) is 1.90. The minimum Gasteiger partial charge on any atom is -0.293 e. The summed E-state index contributed by atoms with van der Waals surface area (Å²) in [6.45, 7) is 8.99. The summed E-state index contributed by atoms with van der Waals surface area (Å²) in [6, 6.07) is 6.00. The molecular formula is C11H21N3. The molecule has 0 aromatic carbocycles. The molecule has 3 heteroatoms. The molecule has 0 aliphatic rings. The maximum Gasteiger partial charge on any atom is 0.142 e. The van der Waals surface area contributed by atoms with Crippen LogP contribution < -0.4 is 10.4 Å². The van der Waals surface area contributed by atoms with Crippen LogP contribution in [0.4, 0.5) is 5.82 Å². The van der Waals surface area contributed by atoms with Crippen molar-refractivity contribution < 1.29 is 0 Å². The molecule has 14 heavy (non-hydrogen) atoms. The maximum atomic E-state index is 4.38. The molecule has 0 spiro atoms. The van der Waals surface area contributed by atoms with Gasteiger partial charge in [0.25, 0.3) is 0 Å². The second-order valence-corrected chi connectivity index (χ2v) is 2.61. The van der Waals surface area contributed by atoms with Crippen LogP contribution in [-0.4, -0.2) is 18.6 Å². The molecule has 0 fully saturated rings.